The monoisotopic (exact) mass is 499 g/mol. The summed E-state index contributed by atoms with van der Waals surface area (Å²) in [5.74, 6) is -1.03. The van der Waals surface area contributed by atoms with Crippen LogP contribution in [0.2, 0.25) is 5.02 Å². The molecule has 0 unspecified atom stereocenters. The van der Waals surface area contributed by atoms with Crippen molar-refractivity contribution in [2.24, 2.45) is 5.92 Å². The Morgan fingerprint density at radius 2 is 1.56 bits per heavy atom. The molecule has 0 aliphatic rings. The molecule has 0 aromatic heterocycles. The number of hydrogen-bond donors (Lipinski definition) is 3. The van der Waals surface area contributed by atoms with E-state index in [-0.39, 0.29) is 33.1 Å². The van der Waals surface area contributed by atoms with E-state index in [0.717, 1.165) is 0 Å². The molecule has 34 heavy (non-hydrogen) atoms. The fourth-order valence-electron chi connectivity index (χ4n) is 3.28. The summed E-state index contributed by atoms with van der Waals surface area (Å²) in [4.78, 5) is 25.6. The van der Waals surface area contributed by atoms with Gasteiger partial charge in [-0.25, -0.2) is 8.42 Å². The first kappa shape index (κ1) is 25.3. The molecule has 3 aromatic carbocycles. The maximum atomic E-state index is 13.0. The Bertz CT molecular complexity index is 1290. The molecule has 3 rings (SSSR count). The highest BCUT2D eigenvalue weighted by molar-refractivity contribution is 7.92. The van der Waals surface area contributed by atoms with Crippen molar-refractivity contribution in [3.63, 3.8) is 0 Å². The lowest BCUT2D eigenvalue weighted by Gasteiger charge is -2.22. The molecule has 0 aliphatic heterocycles. The van der Waals surface area contributed by atoms with Crippen molar-refractivity contribution in [1.29, 1.82) is 0 Å². The number of halogens is 1. The highest BCUT2D eigenvalue weighted by Crippen LogP contribution is 2.27. The van der Waals surface area contributed by atoms with Gasteiger partial charge in [-0.05, 0) is 54.8 Å². The fraction of sp³-hybridized carbons (Fsp3) is 0.200. The van der Waals surface area contributed by atoms with Gasteiger partial charge in [-0.3, -0.25) is 14.3 Å². The molecule has 0 heterocycles. The number of hydrogen-bond acceptors (Lipinski definition) is 4. The number of carbonyl (C=O) groups is 2. The van der Waals surface area contributed by atoms with E-state index in [2.05, 4.69) is 15.4 Å². The van der Waals surface area contributed by atoms with E-state index in [1.54, 1.807) is 73.7 Å². The third-order valence-electron chi connectivity index (χ3n) is 5.14. The SMILES string of the molecule is Cc1ccc(NC(=O)[C@H](NC(=O)c2ccccc2)C(C)C)cc1S(=O)(=O)Nc1ccccc1Cl. The summed E-state index contributed by atoms with van der Waals surface area (Å²) in [6.07, 6.45) is 0. The third kappa shape index (κ3) is 6.15. The summed E-state index contributed by atoms with van der Waals surface area (Å²) in [5, 5.41) is 5.74. The van der Waals surface area contributed by atoms with Crippen molar-refractivity contribution in [2.45, 2.75) is 31.7 Å². The smallest absolute Gasteiger partial charge is 0.262 e. The normalized spacial score (nSPS) is 12.1. The van der Waals surface area contributed by atoms with Gasteiger partial charge in [-0.1, -0.05) is 61.8 Å². The Morgan fingerprint density at radius 3 is 2.21 bits per heavy atom. The van der Waals surface area contributed by atoms with Crippen LogP contribution in [0.4, 0.5) is 11.4 Å². The molecule has 9 heteroatoms. The van der Waals surface area contributed by atoms with Gasteiger partial charge in [0.05, 0.1) is 15.6 Å². The number of carbonyl (C=O) groups excluding carboxylic acids is 2. The van der Waals surface area contributed by atoms with Gasteiger partial charge in [0.15, 0.2) is 0 Å². The van der Waals surface area contributed by atoms with Crippen molar-refractivity contribution in [3.05, 3.63) is 88.9 Å². The van der Waals surface area contributed by atoms with Crippen LogP contribution in [0.25, 0.3) is 0 Å². The molecular formula is C25H26ClN3O4S. The predicted octanol–water partition coefficient (Wildman–Crippen LogP) is 4.84. The van der Waals surface area contributed by atoms with Crippen LogP contribution in [-0.2, 0) is 14.8 Å². The molecule has 0 fully saturated rings. The van der Waals surface area contributed by atoms with E-state index in [4.69, 9.17) is 11.6 Å². The minimum Gasteiger partial charge on any atom is -0.340 e. The van der Waals surface area contributed by atoms with Crippen LogP contribution in [0.15, 0.2) is 77.7 Å². The predicted molar refractivity (Wildman–Crippen MR) is 135 cm³/mol. The number of amides is 2. The summed E-state index contributed by atoms with van der Waals surface area (Å²) in [6.45, 7) is 5.28. The van der Waals surface area contributed by atoms with Crippen molar-refractivity contribution in [3.8, 4) is 0 Å². The summed E-state index contributed by atoms with van der Waals surface area (Å²) < 4.78 is 28.5. The van der Waals surface area contributed by atoms with Crippen molar-refractivity contribution < 1.29 is 18.0 Å². The van der Waals surface area contributed by atoms with E-state index in [1.807, 2.05) is 13.8 Å². The van der Waals surface area contributed by atoms with Gasteiger partial charge in [0.2, 0.25) is 5.91 Å². The van der Waals surface area contributed by atoms with E-state index in [1.165, 1.54) is 6.07 Å². The van der Waals surface area contributed by atoms with Gasteiger partial charge in [-0.2, -0.15) is 0 Å². The quantitative estimate of drug-likeness (QED) is 0.412. The van der Waals surface area contributed by atoms with Crippen LogP contribution in [0.3, 0.4) is 0 Å². The topological polar surface area (TPSA) is 104 Å². The molecule has 3 aromatic rings. The highest BCUT2D eigenvalue weighted by Gasteiger charge is 2.26. The Balaban J connectivity index is 1.81. The first-order chi connectivity index (χ1) is 16.1. The maximum Gasteiger partial charge on any atom is 0.262 e. The number of aryl methyl sites for hydroxylation is 1. The number of anilines is 2. The number of nitrogens with one attached hydrogen (secondary N) is 3. The molecule has 3 N–H and O–H groups in total. The molecule has 0 spiro atoms. The molecule has 7 nitrogen and oxygen atoms in total. The van der Waals surface area contributed by atoms with Gasteiger partial charge in [0, 0.05) is 11.3 Å². The zero-order chi connectivity index (χ0) is 24.9. The van der Waals surface area contributed by atoms with Crippen molar-refractivity contribution >= 4 is 44.8 Å². The lowest BCUT2D eigenvalue weighted by atomic mass is 10.0. The summed E-state index contributed by atoms with van der Waals surface area (Å²) >= 11 is 6.09. The van der Waals surface area contributed by atoms with Crippen molar-refractivity contribution in [1.82, 2.24) is 5.32 Å². The van der Waals surface area contributed by atoms with E-state index < -0.39 is 22.0 Å². The molecule has 0 saturated heterocycles. The molecule has 0 bridgehead atoms. The Morgan fingerprint density at radius 1 is 0.912 bits per heavy atom. The molecular weight excluding hydrogens is 474 g/mol. The Hall–Kier alpha value is -3.36. The van der Waals surface area contributed by atoms with Crippen LogP contribution in [0, 0.1) is 12.8 Å². The zero-order valence-corrected chi connectivity index (χ0v) is 20.6. The lowest BCUT2D eigenvalue weighted by molar-refractivity contribution is -0.118. The second-order valence-electron chi connectivity index (χ2n) is 8.12. The maximum absolute atomic E-state index is 13.0. The number of para-hydroxylation sites is 1. The number of benzene rings is 3. The summed E-state index contributed by atoms with van der Waals surface area (Å²) in [7, 11) is -3.97. The van der Waals surface area contributed by atoms with Crippen LogP contribution < -0.4 is 15.4 Å². The average molecular weight is 500 g/mol. The average Bonchev–Trinajstić information content (AvgIpc) is 2.80. The van der Waals surface area contributed by atoms with Gasteiger partial charge in [-0.15, -0.1) is 0 Å². The van der Waals surface area contributed by atoms with Crippen LogP contribution in [0.5, 0.6) is 0 Å². The number of sulfonamides is 1. The second-order valence-corrected chi connectivity index (χ2v) is 10.2. The van der Waals surface area contributed by atoms with Gasteiger partial charge in [0.1, 0.15) is 6.04 Å². The fourth-order valence-corrected chi connectivity index (χ4v) is 4.87. The van der Waals surface area contributed by atoms with Gasteiger partial charge < -0.3 is 10.6 Å². The van der Waals surface area contributed by atoms with Crippen molar-refractivity contribution in [2.75, 3.05) is 10.0 Å². The summed E-state index contributed by atoms with van der Waals surface area (Å²) in [5.41, 5.74) is 1.47. The van der Waals surface area contributed by atoms with Gasteiger partial charge >= 0.3 is 0 Å². The van der Waals surface area contributed by atoms with Crippen LogP contribution in [0.1, 0.15) is 29.8 Å². The first-order valence-electron chi connectivity index (χ1n) is 10.6. The largest absolute Gasteiger partial charge is 0.340 e. The molecule has 1 atom stereocenters. The van der Waals surface area contributed by atoms with E-state index in [9.17, 15) is 18.0 Å². The summed E-state index contributed by atoms with van der Waals surface area (Å²) in [6, 6.07) is 18.9. The van der Waals surface area contributed by atoms with Crippen LogP contribution >= 0.6 is 11.6 Å². The molecule has 0 saturated carbocycles. The standard InChI is InChI=1S/C25H26ClN3O4S/c1-16(2)23(28-24(30)18-9-5-4-6-10-18)25(31)27-19-14-13-17(3)22(15-19)34(32,33)29-21-12-8-7-11-20(21)26/h4-16,23,29H,1-3H3,(H,27,31)(H,28,30)/t23-/m1/s1. The lowest BCUT2D eigenvalue weighted by Crippen LogP contribution is -2.47. The third-order valence-corrected chi connectivity index (χ3v) is 6.97. The molecule has 178 valence electrons. The Kier molecular flexibility index (Phi) is 7.96. The molecule has 0 radical (unpaired) electrons. The van der Waals surface area contributed by atoms with E-state index >= 15 is 0 Å². The highest BCUT2D eigenvalue weighted by atomic mass is 35.5. The van der Waals surface area contributed by atoms with Gasteiger partial charge in [0.25, 0.3) is 15.9 Å². The molecule has 0 aliphatic carbocycles. The minimum atomic E-state index is -3.97. The minimum absolute atomic E-state index is 0.000335. The first-order valence-corrected chi connectivity index (χ1v) is 12.5. The Labute approximate surface area is 204 Å². The van der Waals surface area contributed by atoms with E-state index in [0.29, 0.717) is 11.1 Å². The molecule has 2 amide bonds. The number of rotatable bonds is 8. The second kappa shape index (κ2) is 10.7. The zero-order valence-electron chi connectivity index (χ0n) is 19.0. The van der Waals surface area contributed by atoms with Crippen LogP contribution in [-0.4, -0.2) is 26.3 Å².